The normalized spacial score (nSPS) is 10.2. The lowest BCUT2D eigenvalue weighted by Crippen LogP contribution is -2.26. The third-order valence-electron chi connectivity index (χ3n) is 1.91. The molecule has 1 rings (SSSR count). The average Bonchev–Trinajstić information content (AvgIpc) is 2.34. The van der Waals surface area contributed by atoms with Gasteiger partial charge in [-0.1, -0.05) is 23.4 Å². The fourth-order valence-corrected chi connectivity index (χ4v) is 2.10. The van der Waals surface area contributed by atoms with Crippen LogP contribution >= 0.6 is 23.4 Å². The van der Waals surface area contributed by atoms with Crippen LogP contribution in [0, 0.1) is 0 Å². The summed E-state index contributed by atoms with van der Waals surface area (Å²) in [4.78, 5) is 15.5. The summed E-state index contributed by atoms with van der Waals surface area (Å²) in [5.74, 6) is 0.303. The van der Waals surface area contributed by atoms with Crippen LogP contribution in [-0.2, 0) is 9.53 Å². The van der Waals surface area contributed by atoms with E-state index in [1.807, 2.05) is 0 Å². The lowest BCUT2D eigenvalue weighted by molar-refractivity contribution is -0.118. The van der Waals surface area contributed by atoms with E-state index in [1.165, 1.54) is 11.8 Å². The van der Waals surface area contributed by atoms with Gasteiger partial charge in [0.05, 0.1) is 10.8 Å². The molecule has 1 heterocycles. The zero-order valence-corrected chi connectivity index (χ0v) is 11.2. The molecule has 0 aromatic carbocycles. The predicted octanol–water partition coefficient (Wildman–Crippen LogP) is 1.98. The van der Waals surface area contributed by atoms with Gasteiger partial charge in [-0.15, -0.1) is 0 Å². The second kappa shape index (κ2) is 8.33. The summed E-state index contributed by atoms with van der Waals surface area (Å²) in [6.07, 6.45) is 2.47. The smallest absolute Gasteiger partial charge is 0.230 e. The van der Waals surface area contributed by atoms with Crippen LogP contribution in [0.5, 0.6) is 0 Å². The molecule has 6 heteroatoms. The van der Waals surface area contributed by atoms with Gasteiger partial charge in [-0.25, -0.2) is 4.98 Å². The second-order valence-electron chi connectivity index (χ2n) is 3.28. The predicted molar refractivity (Wildman–Crippen MR) is 69.5 cm³/mol. The summed E-state index contributed by atoms with van der Waals surface area (Å²) in [5.41, 5.74) is 0. The fourth-order valence-electron chi connectivity index (χ4n) is 1.11. The first kappa shape index (κ1) is 14.3. The number of ether oxygens (including phenoxy) is 1. The van der Waals surface area contributed by atoms with E-state index in [9.17, 15) is 4.79 Å². The van der Waals surface area contributed by atoms with Crippen molar-refractivity contribution in [1.82, 2.24) is 10.3 Å². The van der Waals surface area contributed by atoms with Crippen molar-refractivity contribution in [2.45, 2.75) is 11.4 Å². The standard InChI is InChI=1S/C11H15ClN2O2S/c1-16-7-3-6-13-10(15)8-17-11-9(12)4-2-5-14-11/h2,4-5H,3,6-8H2,1H3,(H,13,15). The van der Waals surface area contributed by atoms with Gasteiger partial charge >= 0.3 is 0 Å². The summed E-state index contributed by atoms with van der Waals surface area (Å²) in [6, 6.07) is 3.52. The first-order valence-electron chi connectivity index (χ1n) is 5.23. The number of rotatable bonds is 7. The molecular weight excluding hydrogens is 260 g/mol. The minimum atomic E-state index is -0.0205. The van der Waals surface area contributed by atoms with Crippen molar-refractivity contribution in [3.8, 4) is 0 Å². The van der Waals surface area contributed by atoms with Gasteiger partial charge in [0.1, 0.15) is 5.03 Å². The molecule has 1 aromatic heterocycles. The Morgan fingerprint density at radius 3 is 3.18 bits per heavy atom. The highest BCUT2D eigenvalue weighted by molar-refractivity contribution is 8.00. The molecule has 0 spiro atoms. The zero-order valence-electron chi connectivity index (χ0n) is 9.61. The Bertz CT molecular complexity index is 363. The Kier molecular flexibility index (Phi) is 7.00. The Morgan fingerprint density at radius 1 is 1.65 bits per heavy atom. The van der Waals surface area contributed by atoms with Crippen LogP contribution in [0.4, 0.5) is 0 Å². The molecule has 0 saturated carbocycles. The van der Waals surface area contributed by atoms with E-state index in [0.717, 1.165) is 6.42 Å². The van der Waals surface area contributed by atoms with Crippen LogP contribution in [0.3, 0.4) is 0 Å². The van der Waals surface area contributed by atoms with Crippen molar-refractivity contribution in [3.05, 3.63) is 23.4 Å². The van der Waals surface area contributed by atoms with E-state index < -0.39 is 0 Å². The highest BCUT2D eigenvalue weighted by atomic mass is 35.5. The highest BCUT2D eigenvalue weighted by Crippen LogP contribution is 2.23. The number of amides is 1. The molecule has 94 valence electrons. The lowest BCUT2D eigenvalue weighted by Gasteiger charge is -2.05. The van der Waals surface area contributed by atoms with Crippen LogP contribution in [0.2, 0.25) is 5.02 Å². The molecule has 0 fully saturated rings. The number of methoxy groups -OCH3 is 1. The van der Waals surface area contributed by atoms with E-state index in [0.29, 0.717) is 29.0 Å². The summed E-state index contributed by atoms with van der Waals surface area (Å²) in [7, 11) is 1.64. The zero-order chi connectivity index (χ0) is 12.5. The number of hydrogen-bond acceptors (Lipinski definition) is 4. The maximum absolute atomic E-state index is 11.4. The molecule has 1 aromatic rings. The van der Waals surface area contributed by atoms with E-state index in [2.05, 4.69) is 10.3 Å². The van der Waals surface area contributed by atoms with Crippen molar-refractivity contribution >= 4 is 29.3 Å². The number of carbonyl (C=O) groups is 1. The van der Waals surface area contributed by atoms with Gasteiger partial charge in [-0.05, 0) is 18.6 Å². The molecule has 4 nitrogen and oxygen atoms in total. The van der Waals surface area contributed by atoms with Crippen molar-refractivity contribution in [2.24, 2.45) is 0 Å². The van der Waals surface area contributed by atoms with Crippen molar-refractivity contribution in [2.75, 3.05) is 26.0 Å². The molecular formula is C11H15ClN2O2S. The van der Waals surface area contributed by atoms with Crippen molar-refractivity contribution < 1.29 is 9.53 Å². The van der Waals surface area contributed by atoms with Gasteiger partial charge in [0.15, 0.2) is 0 Å². The Balaban J connectivity index is 2.22. The number of nitrogens with zero attached hydrogens (tertiary/aromatic N) is 1. The van der Waals surface area contributed by atoms with Crippen LogP contribution < -0.4 is 5.32 Å². The van der Waals surface area contributed by atoms with Crippen LogP contribution in [0.1, 0.15) is 6.42 Å². The minimum Gasteiger partial charge on any atom is -0.385 e. The molecule has 1 amide bonds. The summed E-state index contributed by atoms with van der Waals surface area (Å²) in [5, 5.41) is 4.05. The molecule has 0 saturated heterocycles. The molecule has 0 aliphatic rings. The third kappa shape index (κ3) is 5.91. The molecule has 17 heavy (non-hydrogen) atoms. The Morgan fingerprint density at radius 2 is 2.47 bits per heavy atom. The number of pyridine rings is 1. The summed E-state index contributed by atoms with van der Waals surface area (Å²) >= 11 is 7.25. The number of halogens is 1. The minimum absolute atomic E-state index is 0.0205. The van der Waals surface area contributed by atoms with Gasteiger partial charge < -0.3 is 10.1 Å². The van der Waals surface area contributed by atoms with Crippen LogP contribution in [0.15, 0.2) is 23.4 Å². The van der Waals surface area contributed by atoms with E-state index in [-0.39, 0.29) is 5.91 Å². The highest BCUT2D eigenvalue weighted by Gasteiger charge is 2.05. The molecule has 0 aliphatic heterocycles. The third-order valence-corrected chi connectivity index (χ3v) is 3.33. The SMILES string of the molecule is COCCCNC(=O)CSc1ncccc1Cl. The molecule has 0 radical (unpaired) electrons. The number of carbonyl (C=O) groups excluding carboxylic acids is 1. The largest absolute Gasteiger partial charge is 0.385 e. The van der Waals surface area contributed by atoms with E-state index in [4.69, 9.17) is 16.3 Å². The van der Waals surface area contributed by atoms with Crippen molar-refractivity contribution in [3.63, 3.8) is 0 Å². The lowest BCUT2D eigenvalue weighted by atomic mass is 10.4. The molecule has 0 aliphatic carbocycles. The average molecular weight is 275 g/mol. The van der Waals surface area contributed by atoms with Gasteiger partial charge in [-0.3, -0.25) is 4.79 Å². The van der Waals surface area contributed by atoms with Gasteiger partial charge in [0, 0.05) is 26.5 Å². The number of nitrogens with one attached hydrogen (secondary N) is 1. The van der Waals surface area contributed by atoms with Crippen LogP contribution in [0.25, 0.3) is 0 Å². The maximum atomic E-state index is 11.4. The van der Waals surface area contributed by atoms with Gasteiger partial charge in [-0.2, -0.15) is 0 Å². The number of aromatic nitrogens is 1. The topological polar surface area (TPSA) is 51.2 Å². The van der Waals surface area contributed by atoms with E-state index >= 15 is 0 Å². The van der Waals surface area contributed by atoms with Gasteiger partial charge in [0.25, 0.3) is 0 Å². The number of hydrogen-bond donors (Lipinski definition) is 1. The quantitative estimate of drug-likeness (QED) is 0.610. The summed E-state index contributed by atoms with van der Waals surface area (Å²) < 4.78 is 4.88. The Hall–Kier alpha value is -0.780. The van der Waals surface area contributed by atoms with E-state index in [1.54, 1.807) is 25.4 Å². The first-order valence-corrected chi connectivity index (χ1v) is 6.59. The maximum Gasteiger partial charge on any atom is 0.230 e. The second-order valence-corrected chi connectivity index (χ2v) is 4.65. The monoisotopic (exact) mass is 274 g/mol. The van der Waals surface area contributed by atoms with Crippen LogP contribution in [-0.4, -0.2) is 36.9 Å². The van der Waals surface area contributed by atoms with Gasteiger partial charge in [0.2, 0.25) is 5.91 Å². The fraction of sp³-hybridized carbons (Fsp3) is 0.455. The molecule has 0 unspecified atom stereocenters. The number of thioether (sulfide) groups is 1. The van der Waals surface area contributed by atoms with Crippen molar-refractivity contribution in [1.29, 1.82) is 0 Å². The molecule has 0 bridgehead atoms. The first-order chi connectivity index (χ1) is 8.24. The summed E-state index contributed by atoms with van der Waals surface area (Å²) in [6.45, 7) is 1.28. The Labute approximate surface area is 110 Å². The molecule has 0 atom stereocenters. The molecule has 1 N–H and O–H groups in total.